The van der Waals surface area contributed by atoms with Gasteiger partial charge in [0.15, 0.2) is 5.82 Å². The van der Waals surface area contributed by atoms with E-state index < -0.39 is 0 Å². The minimum Gasteiger partial charge on any atom is -0.508 e. The van der Waals surface area contributed by atoms with E-state index in [4.69, 9.17) is 5.73 Å². The van der Waals surface area contributed by atoms with Crippen molar-refractivity contribution in [3.05, 3.63) is 60.8 Å². The van der Waals surface area contributed by atoms with Gasteiger partial charge in [0.2, 0.25) is 0 Å². The molecule has 0 fully saturated rings. The number of hydrogen-bond donors (Lipinski definition) is 4. The normalized spacial score (nSPS) is 10.8. The van der Waals surface area contributed by atoms with Crippen molar-refractivity contribution in [1.29, 1.82) is 0 Å². The van der Waals surface area contributed by atoms with E-state index in [1.165, 1.54) is 0 Å². The molecule has 0 amide bonds. The number of H-pyrrole nitrogens is 1. The lowest BCUT2D eigenvalue weighted by molar-refractivity contribution is 0.475. The second-order valence-electron chi connectivity index (χ2n) is 5.47. The van der Waals surface area contributed by atoms with Crippen molar-refractivity contribution < 1.29 is 5.11 Å². The zero-order chi connectivity index (χ0) is 16.5. The van der Waals surface area contributed by atoms with Gasteiger partial charge >= 0.3 is 0 Å². The number of phenols is 1. The first kappa shape index (κ1) is 14.1. The molecule has 6 nitrogen and oxygen atoms in total. The minimum absolute atomic E-state index is 0.230. The van der Waals surface area contributed by atoms with Crippen LogP contribution >= 0.6 is 0 Å². The highest BCUT2D eigenvalue weighted by atomic mass is 16.3. The molecule has 0 unspecified atom stereocenters. The predicted molar refractivity (Wildman–Crippen MR) is 95.1 cm³/mol. The van der Waals surface area contributed by atoms with Gasteiger partial charge in [-0.05, 0) is 59.7 Å². The number of phenolic OH excluding ortho intramolecular Hbond substituents is 1. The fourth-order valence-electron chi connectivity index (χ4n) is 2.59. The second-order valence-corrected chi connectivity index (χ2v) is 5.47. The molecular weight excluding hydrogens is 302 g/mol. The number of aromatic amines is 1. The third-order valence-corrected chi connectivity index (χ3v) is 3.83. The molecule has 0 saturated carbocycles. The Kier molecular flexibility index (Phi) is 3.28. The van der Waals surface area contributed by atoms with Gasteiger partial charge in [0, 0.05) is 17.3 Å². The topological polar surface area (TPSA) is 99.9 Å². The van der Waals surface area contributed by atoms with Crippen LogP contribution in [0.25, 0.3) is 22.0 Å². The first-order valence-electron chi connectivity index (χ1n) is 7.45. The number of pyridine rings is 1. The number of hydrogen-bond acceptors (Lipinski definition) is 5. The smallest absolute Gasteiger partial charge is 0.153 e. The molecule has 2 aromatic heterocycles. The first-order chi connectivity index (χ1) is 11.7. The number of fused-ring (bicyclic) bond motifs is 1. The molecule has 0 aliphatic heterocycles. The lowest BCUT2D eigenvalue weighted by atomic mass is 10.0. The molecule has 0 spiro atoms. The third-order valence-electron chi connectivity index (χ3n) is 3.83. The van der Waals surface area contributed by atoms with Crippen LogP contribution in [0.3, 0.4) is 0 Å². The van der Waals surface area contributed by atoms with Gasteiger partial charge in [0.1, 0.15) is 11.6 Å². The van der Waals surface area contributed by atoms with Crippen LogP contribution in [0.1, 0.15) is 0 Å². The summed E-state index contributed by atoms with van der Waals surface area (Å²) in [6, 6.07) is 16.7. The molecule has 0 aliphatic rings. The number of aromatic nitrogens is 3. The average molecular weight is 317 g/mol. The van der Waals surface area contributed by atoms with Crippen molar-refractivity contribution in [2.75, 3.05) is 11.1 Å². The maximum atomic E-state index is 9.35. The summed E-state index contributed by atoms with van der Waals surface area (Å²) >= 11 is 0. The van der Waals surface area contributed by atoms with Crippen molar-refractivity contribution in [1.82, 2.24) is 15.2 Å². The standard InChI is InChI=1S/C18H15N5O/c19-18-15-9-11(1-6-16(15)22-23-18)12-7-8-20-17(10-12)21-13-2-4-14(24)5-3-13/h1-10,24H,(H,20,21)(H3,19,22,23). The van der Waals surface area contributed by atoms with E-state index in [1.54, 1.807) is 30.5 Å². The Balaban J connectivity index is 1.68. The third kappa shape index (κ3) is 2.61. The summed E-state index contributed by atoms with van der Waals surface area (Å²) in [5.41, 5.74) is 9.70. The van der Waals surface area contributed by atoms with Crippen LogP contribution in [0, 0.1) is 0 Å². The summed E-state index contributed by atoms with van der Waals surface area (Å²) in [5, 5.41) is 20.4. The Labute approximate surface area is 138 Å². The summed E-state index contributed by atoms with van der Waals surface area (Å²) in [7, 11) is 0. The molecule has 0 radical (unpaired) electrons. The number of nitrogen functional groups attached to an aromatic ring is 1. The fraction of sp³-hybridized carbons (Fsp3) is 0. The molecule has 0 aliphatic carbocycles. The van der Waals surface area contributed by atoms with Gasteiger partial charge in [-0.2, -0.15) is 5.10 Å². The monoisotopic (exact) mass is 317 g/mol. The highest BCUT2D eigenvalue weighted by Crippen LogP contribution is 2.28. The van der Waals surface area contributed by atoms with Gasteiger partial charge in [-0.1, -0.05) is 6.07 Å². The van der Waals surface area contributed by atoms with Crippen LogP contribution in [0.15, 0.2) is 60.8 Å². The number of aromatic hydroxyl groups is 1. The summed E-state index contributed by atoms with van der Waals surface area (Å²) in [6.07, 6.45) is 1.75. The summed E-state index contributed by atoms with van der Waals surface area (Å²) < 4.78 is 0. The Morgan fingerprint density at radius 2 is 1.75 bits per heavy atom. The SMILES string of the molecule is Nc1n[nH]c2ccc(-c3ccnc(Nc4ccc(O)cc4)c3)cc12. The Morgan fingerprint density at radius 1 is 0.958 bits per heavy atom. The molecule has 4 aromatic rings. The van der Waals surface area contributed by atoms with Gasteiger partial charge < -0.3 is 16.2 Å². The Morgan fingerprint density at radius 3 is 2.58 bits per heavy atom. The number of rotatable bonds is 3. The van der Waals surface area contributed by atoms with Gasteiger partial charge in [-0.3, -0.25) is 5.10 Å². The van der Waals surface area contributed by atoms with E-state index in [1.807, 2.05) is 30.3 Å². The van der Waals surface area contributed by atoms with E-state index in [-0.39, 0.29) is 5.75 Å². The largest absolute Gasteiger partial charge is 0.508 e. The number of benzene rings is 2. The summed E-state index contributed by atoms with van der Waals surface area (Å²) in [5.74, 6) is 1.44. The molecule has 4 rings (SSSR count). The molecule has 0 bridgehead atoms. The van der Waals surface area contributed by atoms with Gasteiger partial charge in [-0.25, -0.2) is 4.98 Å². The number of nitrogens with zero attached hydrogens (tertiary/aromatic N) is 2. The Bertz CT molecular complexity index is 1010. The number of nitrogens with one attached hydrogen (secondary N) is 2. The maximum absolute atomic E-state index is 9.35. The first-order valence-corrected chi connectivity index (χ1v) is 7.45. The lowest BCUT2D eigenvalue weighted by Crippen LogP contribution is -1.93. The van der Waals surface area contributed by atoms with Crippen molar-refractivity contribution >= 4 is 28.2 Å². The molecule has 5 N–H and O–H groups in total. The molecule has 0 atom stereocenters. The van der Waals surface area contributed by atoms with Gasteiger partial charge in [0.05, 0.1) is 5.52 Å². The van der Waals surface area contributed by atoms with Crippen molar-refractivity contribution in [3.8, 4) is 16.9 Å². The second kappa shape index (κ2) is 5.58. The average Bonchev–Trinajstić information content (AvgIpc) is 2.98. The quantitative estimate of drug-likeness (QED) is 0.432. The van der Waals surface area contributed by atoms with Crippen LogP contribution in [0.4, 0.5) is 17.3 Å². The molecular formula is C18H15N5O. The summed E-state index contributed by atoms with van der Waals surface area (Å²) in [6.45, 7) is 0. The number of nitrogens with two attached hydrogens (primary N) is 1. The summed E-state index contributed by atoms with van der Waals surface area (Å²) in [4.78, 5) is 4.34. The zero-order valence-electron chi connectivity index (χ0n) is 12.7. The highest BCUT2D eigenvalue weighted by Gasteiger charge is 2.06. The van der Waals surface area contributed by atoms with Crippen molar-refractivity contribution in [3.63, 3.8) is 0 Å². The van der Waals surface area contributed by atoms with E-state index in [2.05, 4.69) is 20.5 Å². The van der Waals surface area contributed by atoms with Crippen LogP contribution in [-0.2, 0) is 0 Å². The fourth-order valence-corrected chi connectivity index (χ4v) is 2.59. The highest BCUT2D eigenvalue weighted by molar-refractivity contribution is 5.92. The van der Waals surface area contributed by atoms with Crippen LogP contribution in [0.5, 0.6) is 5.75 Å². The van der Waals surface area contributed by atoms with E-state index in [0.717, 1.165) is 33.5 Å². The van der Waals surface area contributed by atoms with Crippen molar-refractivity contribution in [2.45, 2.75) is 0 Å². The molecule has 24 heavy (non-hydrogen) atoms. The molecule has 6 heteroatoms. The maximum Gasteiger partial charge on any atom is 0.153 e. The van der Waals surface area contributed by atoms with E-state index in [9.17, 15) is 5.11 Å². The van der Waals surface area contributed by atoms with Crippen molar-refractivity contribution in [2.24, 2.45) is 0 Å². The number of anilines is 3. The van der Waals surface area contributed by atoms with Crippen LogP contribution < -0.4 is 11.1 Å². The molecule has 2 heterocycles. The minimum atomic E-state index is 0.230. The molecule has 0 saturated heterocycles. The van der Waals surface area contributed by atoms with Crippen LogP contribution in [0.2, 0.25) is 0 Å². The molecule has 2 aromatic carbocycles. The Hall–Kier alpha value is -3.54. The van der Waals surface area contributed by atoms with Crippen LogP contribution in [-0.4, -0.2) is 20.3 Å². The zero-order valence-corrected chi connectivity index (χ0v) is 12.7. The van der Waals surface area contributed by atoms with E-state index >= 15 is 0 Å². The van der Waals surface area contributed by atoms with Gasteiger partial charge in [-0.15, -0.1) is 0 Å². The predicted octanol–water partition coefficient (Wildman–Crippen LogP) is 3.66. The molecule has 118 valence electrons. The van der Waals surface area contributed by atoms with Gasteiger partial charge in [0.25, 0.3) is 0 Å². The van der Waals surface area contributed by atoms with E-state index in [0.29, 0.717) is 5.82 Å². The lowest BCUT2D eigenvalue weighted by Gasteiger charge is -2.08.